The number of nitrogens with two attached hydrogens (primary N) is 1. The molecule has 17 heavy (non-hydrogen) atoms. The zero-order valence-corrected chi connectivity index (χ0v) is 10.1. The molecule has 0 aromatic carbocycles. The Balaban J connectivity index is 2.18. The third-order valence-electron chi connectivity index (χ3n) is 2.83. The normalized spacial score (nSPS) is 21.5. The minimum atomic E-state index is -0.902. The maximum Gasteiger partial charge on any atom is 0.266 e. The summed E-state index contributed by atoms with van der Waals surface area (Å²) in [6.07, 6.45) is -0.902. The van der Waals surface area contributed by atoms with Crippen molar-refractivity contribution in [2.45, 2.75) is 25.5 Å². The van der Waals surface area contributed by atoms with Gasteiger partial charge in [0.05, 0.1) is 18.8 Å². The largest absolute Gasteiger partial charge is 0.382 e. The molecule has 96 valence electrons. The van der Waals surface area contributed by atoms with E-state index < -0.39 is 6.10 Å². The van der Waals surface area contributed by atoms with Crippen LogP contribution in [-0.2, 0) is 4.74 Å². The highest BCUT2D eigenvalue weighted by Crippen LogP contribution is 2.25. The van der Waals surface area contributed by atoms with E-state index in [1.165, 1.54) is 0 Å². The highest BCUT2D eigenvalue weighted by molar-refractivity contribution is 5.33. The van der Waals surface area contributed by atoms with E-state index in [-0.39, 0.29) is 18.0 Å². The summed E-state index contributed by atoms with van der Waals surface area (Å²) in [5, 5.41) is 13.4. The Bertz CT molecular complexity index is 379. The minimum Gasteiger partial charge on any atom is -0.382 e. The maximum atomic E-state index is 9.51. The molecule has 1 saturated heterocycles. The molecule has 0 aliphatic carbocycles. The first kappa shape index (κ1) is 12.3. The van der Waals surface area contributed by atoms with E-state index in [0.717, 1.165) is 0 Å². The second-order valence-corrected chi connectivity index (χ2v) is 4.70. The quantitative estimate of drug-likeness (QED) is 0.749. The second kappa shape index (κ2) is 4.59. The van der Waals surface area contributed by atoms with E-state index in [0.29, 0.717) is 25.7 Å². The summed E-state index contributed by atoms with van der Waals surface area (Å²) in [6.45, 7) is 6.09. The van der Waals surface area contributed by atoms with Crippen molar-refractivity contribution in [1.29, 1.82) is 0 Å². The van der Waals surface area contributed by atoms with Crippen LogP contribution < -0.4 is 10.6 Å². The van der Waals surface area contributed by atoms with Gasteiger partial charge in [-0.05, 0) is 19.0 Å². The van der Waals surface area contributed by atoms with Gasteiger partial charge in [0.25, 0.3) is 11.8 Å². The molecule has 7 nitrogen and oxygen atoms in total. The van der Waals surface area contributed by atoms with Gasteiger partial charge in [-0.3, -0.25) is 0 Å². The zero-order chi connectivity index (χ0) is 12.5. The zero-order valence-electron chi connectivity index (χ0n) is 10.1. The first-order valence-electron chi connectivity index (χ1n) is 5.62. The summed E-state index contributed by atoms with van der Waals surface area (Å²) in [6, 6.07) is 0. The molecule has 0 radical (unpaired) electrons. The molecule has 1 aromatic rings. The molecule has 0 spiro atoms. The van der Waals surface area contributed by atoms with Gasteiger partial charge in [0, 0.05) is 13.1 Å². The summed E-state index contributed by atoms with van der Waals surface area (Å²) in [5.41, 5.74) is 5.15. The molecule has 3 N–H and O–H groups in total. The average Bonchev–Trinajstić information content (AvgIpc) is 2.76. The maximum absolute atomic E-state index is 9.51. The van der Waals surface area contributed by atoms with Crippen LogP contribution in [0.25, 0.3) is 0 Å². The Morgan fingerprint density at radius 3 is 3.00 bits per heavy atom. The summed E-state index contributed by atoms with van der Waals surface area (Å²) >= 11 is 0. The molecule has 0 amide bonds. The van der Waals surface area contributed by atoms with Crippen LogP contribution in [0, 0.1) is 0 Å². The lowest BCUT2D eigenvalue weighted by atomic mass is 10.0. The van der Waals surface area contributed by atoms with Crippen LogP contribution in [0.2, 0.25) is 0 Å². The van der Waals surface area contributed by atoms with Gasteiger partial charge < -0.3 is 25.0 Å². The summed E-state index contributed by atoms with van der Waals surface area (Å²) in [7, 11) is 0. The minimum absolute atomic E-state index is 0.0636. The lowest BCUT2D eigenvalue weighted by Gasteiger charge is -2.41. The third kappa shape index (κ3) is 2.41. The molecule has 2 heterocycles. The predicted molar refractivity (Wildman–Crippen MR) is 60.6 cm³/mol. The topological polar surface area (TPSA) is 97.6 Å². The number of hydrogen-bond donors (Lipinski definition) is 2. The number of aliphatic hydroxyl groups is 1. The molecule has 1 aliphatic heterocycles. The fourth-order valence-electron chi connectivity index (χ4n) is 1.80. The number of anilines is 1. The van der Waals surface area contributed by atoms with Crippen LogP contribution in [0.3, 0.4) is 0 Å². The van der Waals surface area contributed by atoms with Crippen molar-refractivity contribution in [1.82, 2.24) is 10.1 Å². The highest BCUT2D eigenvalue weighted by atomic mass is 16.5. The van der Waals surface area contributed by atoms with Crippen molar-refractivity contribution < 1.29 is 14.4 Å². The molecule has 7 heteroatoms. The molecular weight excluding hydrogens is 224 g/mol. The molecule has 0 bridgehead atoms. The summed E-state index contributed by atoms with van der Waals surface area (Å²) in [4.78, 5) is 6.17. The molecule has 0 saturated carbocycles. The number of rotatable bonds is 3. The Labute approximate surface area is 99.5 Å². The molecule has 1 aromatic heterocycles. The Hall–Kier alpha value is -1.18. The van der Waals surface area contributed by atoms with E-state index in [4.69, 9.17) is 15.0 Å². The molecule has 1 aliphatic rings. The number of nitrogens with zero attached hydrogens (tertiary/aromatic N) is 3. The highest BCUT2D eigenvalue weighted by Gasteiger charge is 2.34. The fraction of sp³-hybridized carbons (Fsp3) is 0.800. The van der Waals surface area contributed by atoms with Gasteiger partial charge in [-0.1, -0.05) is 0 Å². The van der Waals surface area contributed by atoms with E-state index in [1.807, 2.05) is 18.7 Å². The Morgan fingerprint density at radius 1 is 1.59 bits per heavy atom. The number of morpholine rings is 1. The van der Waals surface area contributed by atoms with Crippen molar-refractivity contribution in [3.05, 3.63) is 5.89 Å². The van der Waals surface area contributed by atoms with Crippen LogP contribution in [0.5, 0.6) is 0 Å². The van der Waals surface area contributed by atoms with Gasteiger partial charge >= 0.3 is 0 Å². The number of aliphatic hydroxyl groups excluding tert-OH is 1. The van der Waals surface area contributed by atoms with Crippen LogP contribution in [-0.4, -0.2) is 47.1 Å². The molecule has 1 fully saturated rings. The standard InChI is InChI=1S/C10H18N4O3/c1-10(2)6-16-4-3-14(10)9-12-8(17-13-9)7(15)5-11/h7,15H,3-6,11H2,1-2H3. The predicted octanol–water partition coefficient (Wildman–Crippen LogP) is -0.323. The van der Waals surface area contributed by atoms with Gasteiger partial charge in [-0.25, -0.2) is 0 Å². The van der Waals surface area contributed by atoms with Crippen molar-refractivity contribution in [3.8, 4) is 0 Å². The van der Waals surface area contributed by atoms with Crippen molar-refractivity contribution in [3.63, 3.8) is 0 Å². The SMILES string of the molecule is CC1(C)COCCN1c1noc(C(O)CN)n1. The molecule has 1 unspecified atom stereocenters. The number of ether oxygens (including phenoxy) is 1. The fourth-order valence-corrected chi connectivity index (χ4v) is 1.80. The van der Waals surface area contributed by atoms with Crippen molar-refractivity contribution in [2.24, 2.45) is 5.73 Å². The average molecular weight is 242 g/mol. The van der Waals surface area contributed by atoms with E-state index >= 15 is 0 Å². The lowest BCUT2D eigenvalue weighted by molar-refractivity contribution is 0.0631. The third-order valence-corrected chi connectivity index (χ3v) is 2.83. The monoisotopic (exact) mass is 242 g/mol. The van der Waals surface area contributed by atoms with Gasteiger partial charge in [-0.15, -0.1) is 0 Å². The van der Waals surface area contributed by atoms with Crippen molar-refractivity contribution in [2.75, 3.05) is 31.2 Å². The Kier molecular flexibility index (Phi) is 3.32. The second-order valence-electron chi connectivity index (χ2n) is 4.70. The number of hydrogen-bond acceptors (Lipinski definition) is 7. The van der Waals surface area contributed by atoms with E-state index in [1.54, 1.807) is 0 Å². The van der Waals surface area contributed by atoms with E-state index in [2.05, 4.69) is 10.1 Å². The Morgan fingerprint density at radius 2 is 2.35 bits per heavy atom. The van der Waals surface area contributed by atoms with Crippen LogP contribution in [0.1, 0.15) is 25.8 Å². The molecule has 2 rings (SSSR count). The van der Waals surface area contributed by atoms with Crippen LogP contribution >= 0.6 is 0 Å². The van der Waals surface area contributed by atoms with Crippen LogP contribution in [0.4, 0.5) is 5.95 Å². The van der Waals surface area contributed by atoms with Gasteiger partial charge in [0.2, 0.25) is 0 Å². The number of aromatic nitrogens is 2. The lowest BCUT2D eigenvalue weighted by Crippen LogP contribution is -2.53. The van der Waals surface area contributed by atoms with Gasteiger partial charge in [0.1, 0.15) is 6.10 Å². The van der Waals surface area contributed by atoms with Gasteiger partial charge in [-0.2, -0.15) is 4.98 Å². The summed E-state index contributed by atoms with van der Waals surface area (Å²) in [5.74, 6) is 0.630. The smallest absolute Gasteiger partial charge is 0.266 e. The molecule has 1 atom stereocenters. The summed E-state index contributed by atoms with van der Waals surface area (Å²) < 4.78 is 10.4. The first-order chi connectivity index (χ1) is 8.04. The molecular formula is C10H18N4O3. The first-order valence-corrected chi connectivity index (χ1v) is 5.62. The van der Waals surface area contributed by atoms with Crippen molar-refractivity contribution >= 4 is 5.95 Å². The van der Waals surface area contributed by atoms with E-state index in [9.17, 15) is 5.11 Å². The van der Waals surface area contributed by atoms with Gasteiger partial charge in [0.15, 0.2) is 0 Å². The van der Waals surface area contributed by atoms with Crippen LogP contribution in [0.15, 0.2) is 4.52 Å².